The Balaban J connectivity index is 1.18. The summed E-state index contributed by atoms with van der Waals surface area (Å²) in [6, 6.07) is 0.320. The van der Waals surface area contributed by atoms with E-state index in [1.165, 1.54) is 30.4 Å². The van der Waals surface area contributed by atoms with Crippen molar-refractivity contribution in [2.24, 2.45) is 34.8 Å². The molecule has 4 saturated carbocycles. The highest BCUT2D eigenvalue weighted by Gasteiger charge is 2.70. The second-order valence-corrected chi connectivity index (χ2v) is 9.84. The molecule has 0 spiro atoms. The van der Waals surface area contributed by atoms with Crippen molar-refractivity contribution in [2.75, 3.05) is 13.7 Å². The maximum atomic E-state index is 12.8. The van der Waals surface area contributed by atoms with Crippen LogP contribution in [0.3, 0.4) is 0 Å². The third-order valence-electron chi connectivity index (χ3n) is 8.14. The summed E-state index contributed by atoms with van der Waals surface area (Å²) >= 11 is 0. The number of nitrogens with zero attached hydrogens (tertiary/aromatic N) is 1. The zero-order valence-corrected chi connectivity index (χ0v) is 17.7. The summed E-state index contributed by atoms with van der Waals surface area (Å²) in [4.78, 5) is 25.6. The van der Waals surface area contributed by atoms with Gasteiger partial charge in [0.2, 0.25) is 5.91 Å². The Morgan fingerprint density at radius 2 is 1.97 bits per heavy atom. The molecule has 0 heterocycles. The van der Waals surface area contributed by atoms with Crippen LogP contribution in [-0.2, 0) is 9.53 Å². The summed E-state index contributed by atoms with van der Waals surface area (Å²) in [6.07, 6.45) is 13.7. The van der Waals surface area contributed by atoms with Crippen LogP contribution in [-0.4, -0.2) is 36.6 Å². The fourth-order valence-corrected chi connectivity index (χ4v) is 5.41. The molecule has 29 heavy (non-hydrogen) atoms. The molecule has 3 atom stereocenters. The first kappa shape index (κ1) is 20.2. The van der Waals surface area contributed by atoms with Gasteiger partial charge in [-0.15, -0.1) is 0 Å². The van der Waals surface area contributed by atoms with Crippen molar-refractivity contribution < 1.29 is 14.3 Å². The van der Waals surface area contributed by atoms with Gasteiger partial charge in [0.1, 0.15) is 0 Å². The molecule has 0 radical (unpaired) electrons. The molecule has 0 bridgehead atoms. The summed E-state index contributed by atoms with van der Waals surface area (Å²) in [5.41, 5.74) is 7.76. The third-order valence-corrected chi connectivity index (χ3v) is 8.14. The molecular weight excluding hydrogens is 364 g/mol. The van der Waals surface area contributed by atoms with E-state index in [-0.39, 0.29) is 17.2 Å². The van der Waals surface area contributed by atoms with E-state index in [0.717, 1.165) is 31.6 Å². The monoisotopic (exact) mass is 398 g/mol. The maximum absolute atomic E-state index is 12.8. The topological polar surface area (TPSA) is 72.6 Å². The lowest BCUT2D eigenvalue weighted by Crippen LogP contribution is -2.51. The number of carbonyl (C=O) groups excluding carboxylic acids is 2. The van der Waals surface area contributed by atoms with Crippen molar-refractivity contribution >= 4 is 12.0 Å². The number of amides is 2. The zero-order valence-electron chi connectivity index (χ0n) is 17.7. The standard InChI is InChI=1S/C24H34N2O3/c1-15(17-8-5-9-17)6-4-7-16(2)18-10-19(11-18)26(3)22(27)20-12-24(13-21(20)24)14-29-23(25)28/h4,6-7,17-21H,2,5,8-14H2,1,3H3,(H2,25,28)/b7-4-,15-6+/t18-,19+,20-,21?,24-/m1/s1. The summed E-state index contributed by atoms with van der Waals surface area (Å²) in [6.45, 7) is 6.84. The molecule has 2 N–H and O–H groups in total. The molecular formula is C24H34N2O3. The number of hydrogen-bond donors (Lipinski definition) is 1. The minimum atomic E-state index is -0.722. The van der Waals surface area contributed by atoms with Crippen LogP contribution >= 0.6 is 0 Å². The maximum Gasteiger partial charge on any atom is 0.404 e. The molecule has 0 aromatic rings. The Bertz CT molecular complexity index is 760. The van der Waals surface area contributed by atoms with Gasteiger partial charge in [-0.05, 0) is 63.2 Å². The molecule has 158 valence electrons. The van der Waals surface area contributed by atoms with E-state index in [0.29, 0.717) is 24.5 Å². The molecule has 4 rings (SSSR count). The predicted molar refractivity (Wildman–Crippen MR) is 113 cm³/mol. The lowest BCUT2D eigenvalue weighted by atomic mass is 9.72. The predicted octanol–water partition coefficient (Wildman–Crippen LogP) is 4.20. The number of rotatable bonds is 8. The Morgan fingerprint density at radius 1 is 1.24 bits per heavy atom. The smallest absolute Gasteiger partial charge is 0.404 e. The third kappa shape index (κ3) is 3.88. The minimum Gasteiger partial charge on any atom is -0.449 e. The molecule has 0 aliphatic heterocycles. The zero-order chi connectivity index (χ0) is 20.8. The van der Waals surface area contributed by atoms with Gasteiger partial charge in [0.05, 0.1) is 6.61 Å². The van der Waals surface area contributed by atoms with E-state index in [1.54, 1.807) is 0 Å². The average molecular weight is 399 g/mol. The van der Waals surface area contributed by atoms with E-state index in [4.69, 9.17) is 10.5 Å². The van der Waals surface area contributed by atoms with Crippen LogP contribution in [0.4, 0.5) is 4.79 Å². The summed E-state index contributed by atoms with van der Waals surface area (Å²) < 4.78 is 4.96. The van der Waals surface area contributed by atoms with Gasteiger partial charge in [0.25, 0.3) is 0 Å². The van der Waals surface area contributed by atoms with Crippen LogP contribution < -0.4 is 5.73 Å². The molecule has 5 heteroatoms. The normalized spacial score (nSPS) is 35.7. The highest BCUT2D eigenvalue weighted by atomic mass is 16.5. The van der Waals surface area contributed by atoms with E-state index >= 15 is 0 Å². The van der Waals surface area contributed by atoms with Gasteiger partial charge < -0.3 is 15.4 Å². The van der Waals surface area contributed by atoms with Crippen molar-refractivity contribution in [1.29, 1.82) is 0 Å². The van der Waals surface area contributed by atoms with Crippen molar-refractivity contribution in [1.82, 2.24) is 4.90 Å². The van der Waals surface area contributed by atoms with Crippen LogP contribution in [0.2, 0.25) is 0 Å². The number of carbonyl (C=O) groups is 2. The van der Waals surface area contributed by atoms with E-state index < -0.39 is 6.09 Å². The molecule has 0 aromatic heterocycles. The fraction of sp³-hybridized carbons (Fsp3) is 0.667. The van der Waals surface area contributed by atoms with Crippen molar-refractivity contribution in [2.45, 2.75) is 57.9 Å². The Hall–Kier alpha value is -2.04. The molecule has 4 aliphatic rings. The highest BCUT2D eigenvalue weighted by molar-refractivity contribution is 5.81. The average Bonchev–Trinajstić information content (AvgIpc) is 3.14. The Labute approximate surface area is 174 Å². The Kier molecular flexibility index (Phi) is 5.34. The number of primary amides is 1. The summed E-state index contributed by atoms with van der Waals surface area (Å²) in [7, 11) is 1.94. The number of nitrogens with two attached hydrogens (primary N) is 1. The molecule has 0 saturated heterocycles. The van der Waals surface area contributed by atoms with Crippen molar-refractivity contribution in [3.63, 3.8) is 0 Å². The van der Waals surface area contributed by atoms with Gasteiger partial charge in [0, 0.05) is 24.4 Å². The van der Waals surface area contributed by atoms with Crippen LogP contribution in [0.25, 0.3) is 0 Å². The van der Waals surface area contributed by atoms with E-state index in [9.17, 15) is 9.59 Å². The van der Waals surface area contributed by atoms with Gasteiger partial charge in [-0.25, -0.2) is 4.79 Å². The fourth-order valence-electron chi connectivity index (χ4n) is 5.41. The van der Waals surface area contributed by atoms with Gasteiger partial charge in [-0.2, -0.15) is 0 Å². The first-order chi connectivity index (χ1) is 13.8. The van der Waals surface area contributed by atoms with E-state index in [1.807, 2.05) is 11.9 Å². The number of allylic oxidation sites excluding steroid dienone is 5. The first-order valence-corrected chi connectivity index (χ1v) is 11.0. The molecule has 4 fully saturated rings. The first-order valence-electron chi connectivity index (χ1n) is 11.0. The number of hydrogen-bond acceptors (Lipinski definition) is 3. The lowest BCUT2D eigenvalue weighted by molar-refractivity contribution is -0.144. The lowest BCUT2D eigenvalue weighted by Gasteiger charge is -2.44. The van der Waals surface area contributed by atoms with Crippen LogP contribution in [0.5, 0.6) is 0 Å². The van der Waals surface area contributed by atoms with Crippen LogP contribution in [0, 0.1) is 29.1 Å². The molecule has 5 nitrogen and oxygen atoms in total. The Morgan fingerprint density at radius 3 is 2.55 bits per heavy atom. The molecule has 0 aromatic carbocycles. The second kappa shape index (κ2) is 7.66. The van der Waals surface area contributed by atoms with Crippen LogP contribution in [0.15, 0.2) is 36.0 Å². The largest absolute Gasteiger partial charge is 0.449 e. The molecule has 2 amide bonds. The second-order valence-electron chi connectivity index (χ2n) is 9.84. The van der Waals surface area contributed by atoms with Crippen molar-refractivity contribution in [3.05, 3.63) is 36.0 Å². The molecule has 4 aliphatic carbocycles. The van der Waals surface area contributed by atoms with Gasteiger partial charge in [-0.3, -0.25) is 4.79 Å². The molecule has 1 unspecified atom stereocenters. The minimum absolute atomic E-state index is 0.0442. The van der Waals surface area contributed by atoms with Gasteiger partial charge in [0.15, 0.2) is 0 Å². The van der Waals surface area contributed by atoms with Crippen molar-refractivity contribution in [3.8, 4) is 0 Å². The summed E-state index contributed by atoms with van der Waals surface area (Å²) in [5, 5.41) is 0. The van der Waals surface area contributed by atoms with Gasteiger partial charge >= 0.3 is 6.09 Å². The number of fused-ring (bicyclic) bond motifs is 1. The SMILES string of the molecule is C=C(/C=C\C=C(/C)C1CCC1)[C@H]1C[C@@H](N(C)C(=O)[C@@H]2C[C@]3(COC(N)=O)CC23)C1. The van der Waals surface area contributed by atoms with E-state index in [2.05, 4.69) is 31.7 Å². The van der Waals surface area contributed by atoms with Crippen LogP contribution in [0.1, 0.15) is 51.9 Å². The summed E-state index contributed by atoms with van der Waals surface area (Å²) in [5.74, 6) is 1.99. The van der Waals surface area contributed by atoms with Gasteiger partial charge in [-0.1, -0.05) is 42.4 Å². The number of ether oxygens (including phenoxy) is 1. The highest BCUT2D eigenvalue weighted by Crippen LogP contribution is 2.71. The quantitative estimate of drug-likeness (QED) is 0.623.